The van der Waals surface area contributed by atoms with E-state index in [1.54, 1.807) is 41.3 Å². The summed E-state index contributed by atoms with van der Waals surface area (Å²) in [5, 5.41) is 10.8. The van der Waals surface area contributed by atoms with Gasteiger partial charge in [0.05, 0.1) is 10.6 Å². The molecule has 2 aromatic carbocycles. The third-order valence-electron chi connectivity index (χ3n) is 4.18. The van der Waals surface area contributed by atoms with Gasteiger partial charge in [0.25, 0.3) is 15.9 Å². The molecule has 3 aromatic rings. The molecule has 0 saturated carbocycles. The summed E-state index contributed by atoms with van der Waals surface area (Å²) in [7, 11) is -3.81. The quantitative estimate of drug-likeness (QED) is 0.649. The highest BCUT2D eigenvalue weighted by atomic mass is 32.2. The third-order valence-corrected chi connectivity index (χ3v) is 5.56. The zero-order chi connectivity index (χ0) is 20.1. The lowest BCUT2D eigenvalue weighted by Gasteiger charge is -2.18. The Morgan fingerprint density at radius 2 is 1.82 bits per heavy atom. The fourth-order valence-electron chi connectivity index (χ4n) is 2.66. The molecule has 1 aromatic heterocycles. The van der Waals surface area contributed by atoms with Crippen LogP contribution >= 0.6 is 0 Å². The van der Waals surface area contributed by atoms with Gasteiger partial charge in [0.2, 0.25) is 0 Å². The maximum atomic E-state index is 12.7. The van der Waals surface area contributed by atoms with Crippen molar-refractivity contribution in [2.75, 3.05) is 17.8 Å². The molecule has 146 valence electrons. The van der Waals surface area contributed by atoms with E-state index < -0.39 is 10.0 Å². The molecule has 0 atom stereocenters. The molecule has 0 aliphatic rings. The normalized spacial score (nSPS) is 11.2. The Morgan fingerprint density at radius 1 is 1.11 bits per heavy atom. The summed E-state index contributed by atoms with van der Waals surface area (Å²) in [6.07, 6.45) is 1.38. The number of nitrogens with zero attached hydrogens (tertiary/aromatic N) is 5. The summed E-state index contributed by atoms with van der Waals surface area (Å²) < 4.78 is 29.3. The lowest BCUT2D eigenvalue weighted by molar-refractivity contribution is 0.0773. The zero-order valence-corrected chi connectivity index (χ0v) is 16.3. The predicted octanol–water partition coefficient (Wildman–Crippen LogP) is 1.95. The Morgan fingerprint density at radius 3 is 2.43 bits per heavy atom. The molecule has 0 spiro atoms. The molecule has 0 bridgehead atoms. The van der Waals surface area contributed by atoms with Crippen molar-refractivity contribution < 1.29 is 13.2 Å². The highest BCUT2D eigenvalue weighted by molar-refractivity contribution is 7.92. The van der Waals surface area contributed by atoms with E-state index >= 15 is 0 Å². The number of aromatic nitrogens is 4. The number of sulfonamides is 1. The maximum Gasteiger partial charge on any atom is 0.261 e. The molecule has 1 N–H and O–H groups in total. The van der Waals surface area contributed by atoms with Crippen LogP contribution in [-0.2, 0) is 10.0 Å². The SMILES string of the molecule is CCN(CC)C(=O)c1ccc(NS(=O)(=O)c2cccc(-n3cnnn3)c2)cc1. The van der Waals surface area contributed by atoms with Crippen molar-refractivity contribution in [2.24, 2.45) is 0 Å². The number of hydrogen-bond donors (Lipinski definition) is 1. The van der Waals surface area contributed by atoms with Gasteiger partial charge in [0.1, 0.15) is 6.33 Å². The largest absolute Gasteiger partial charge is 0.339 e. The first kappa shape index (κ1) is 19.5. The van der Waals surface area contributed by atoms with Crippen molar-refractivity contribution in [1.82, 2.24) is 25.1 Å². The number of rotatable bonds is 7. The minimum Gasteiger partial charge on any atom is -0.339 e. The summed E-state index contributed by atoms with van der Waals surface area (Å²) in [5.41, 5.74) is 1.39. The number of carbonyl (C=O) groups excluding carboxylic acids is 1. The van der Waals surface area contributed by atoms with E-state index in [2.05, 4.69) is 20.2 Å². The molecule has 1 amide bonds. The highest BCUT2D eigenvalue weighted by Gasteiger charge is 2.17. The molecule has 3 rings (SSSR count). The Bertz CT molecular complexity index is 1050. The van der Waals surface area contributed by atoms with Crippen molar-refractivity contribution in [2.45, 2.75) is 18.7 Å². The van der Waals surface area contributed by atoms with Gasteiger partial charge in [-0.25, -0.2) is 13.1 Å². The number of amides is 1. The van der Waals surface area contributed by atoms with Crippen LogP contribution in [0.1, 0.15) is 24.2 Å². The first-order valence-corrected chi connectivity index (χ1v) is 10.2. The summed E-state index contributed by atoms with van der Waals surface area (Å²) >= 11 is 0. The second-order valence-corrected chi connectivity index (χ2v) is 7.59. The minimum absolute atomic E-state index is 0.0730. The molecule has 0 fully saturated rings. The van der Waals surface area contributed by atoms with Crippen molar-refractivity contribution in [3.63, 3.8) is 0 Å². The van der Waals surface area contributed by atoms with E-state index in [0.29, 0.717) is 30.0 Å². The van der Waals surface area contributed by atoms with Gasteiger partial charge in [-0.15, -0.1) is 5.10 Å². The second kappa shape index (κ2) is 8.17. The van der Waals surface area contributed by atoms with E-state index in [1.165, 1.54) is 23.1 Å². The lowest BCUT2D eigenvalue weighted by atomic mass is 10.2. The van der Waals surface area contributed by atoms with Crippen LogP contribution in [0.3, 0.4) is 0 Å². The number of anilines is 1. The van der Waals surface area contributed by atoms with E-state index in [4.69, 9.17) is 0 Å². The lowest BCUT2D eigenvalue weighted by Crippen LogP contribution is -2.30. The molecule has 0 saturated heterocycles. The van der Waals surface area contributed by atoms with E-state index in [1.807, 2.05) is 13.8 Å². The zero-order valence-electron chi connectivity index (χ0n) is 15.5. The van der Waals surface area contributed by atoms with Crippen molar-refractivity contribution in [3.05, 3.63) is 60.4 Å². The Labute approximate surface area is 163 Å². The topological polar surface area (TPSA) is 110 Å². The van der Waals surface area contributed by atoms with Crippen LogP contribution in [0.15, 0.2) is 59.8 Å². The van der Waals surface area contributed by atoms with Gasteiger partial charge in [-0.3, -0.25) is 9.52 Å². The first-order valence-electron chi connectivity index (χ1n) is 8.70. The van der Waals surface area contributed by atoms with Gasteiger partial charge in [-0.1, -0.05) is 6.07 Å². The summed E-state index contributed by atoms with van der Waals surface area (Å²) in [6.45, 7) is 5.05. The summed E-state index contributed by atoms with van der Waals surface area (Å²) in [4.78, 5) is 14.1. The average Bonchev–Trinajstić information content (AvgIpc) is 3.24. The smallest absolute Gasteiger partial charge is 0.261 e. The molecule has 28 heavy (non-hydrogen) atoms. The Hall–Kier alpha value is -3.27. The molecule has 0 radical (unpaired) electrons. The van der Waals surface area contributed by atoms with Crippen LogP contribution in [0.4, 0.5) is 5.69 Å². The molecule has 0 aliphatic heterocycles. The van der Waals surface area contributed by atoms with Crippen molar-refractivity contribution in [3.8, 4) is 5.69 Å². The fraction of sp³-hybridized carbons (Fsp3) is 0.222. The van der Waals surface area contributed by atoms with E-state index in [9.17, 15) is 13.2 Å². The monoisotopic (exact) mass is 400 g/mol. The van der Waals surface area contributed by atoms with E-state index in [0.717, 1.165) is 0 Å². The Balaban J connectivity index is 1.79. The fourth-order valence-corrected chi connectivity index (χ4v) is 3.76. The van der Waals surface area contributed by atoms with Gasteiger partial charge in [-0.2, -0.15) is 0 Å². The molecule has 10 heteroatoms. The second-order valence-electron chi connectivity index (χ2n) is 5.91. The summed E-state index contributed by atoms with van der Waals surface area (Å²) in [6, 6.07) is 12.6. The van der Waals surface area contributed by atoms with Crippen LogP contribution < -0.4 is 4.72 Å². The van der Waals surface area contributed by atoms with Gasteiger partial charge in [0.15, 0.2) is 0 Å². The standard InChI is InChI=1S/C18H20N6O3S/c1-3-23(4-2)18(25)14-8-10-15(11-9-14)20-28(26,27)17-7-5-6-16(12-17)24-13-19-21-22-24/h5-13,20H,3-4H2,1-2H3. The molecule has 0 unspecified atom stereocenters. The maximum absolute atomic E-state index is 12.7. The van der Waals surface area contributed by atoms with Crippen LogP contribution in [0.2, 0.25) is 0 Å². The van der Waals surface area contributed by atoms with Crippen LogP contribution in [0, 0.1) is 0 Å². The van der Waals surface area contributed by atoms with E-state index in [-0.39, 0.29) is 10.8 Å². The van der Waals surface area contributed by atoms with Gasteiger partial charge < -0.3 is 4.90 Å². The van der Waals surface area contributed by atoms with Crippen LogP contribution in [0.25, 0.3) is 5.69 Å². The first-order chi connectivity index (χ1) is 13.4. The highest BCUT2D eigenvalue weighted by Crippen LogP contribution is 2.19. The molecule has 9 nitrogen and oxygen atoms in total. The molecule has 0 aliphatic carbocycles. The van der Waals surface area contributed by atoms with Gasteiger partial charge in [-0.05, 0) is 66.7 Å². The molecular weight excluding hydrogens is 380 g/mol. The number of hydrogen-bond acceptors (Lipinski definition) is 6. The number of carbonyl (C=O) groups is 1. The predicted molar refractivity (Wildman–Crippen MR) is 104 cm³/mol. The van der Waals surface area contributed by atoms with Gasteiger partial charge in [0, 0.05) is 24.3 Å². The van der Waals surface area contributed by atoms with Crippen LogP contribution in [-0.4, -0.2) is 52.5 Å². The molecular formula is C18H20N6O3S. The van der Waals surface area contributed by atoms with Crippen molar-refractivity contribution in [1.29, 1.82) is 0 Å². The number of nitrogens with one attached hydrogen (secondary N) is 1. The average molecular weight is 400 g/mol. The Kier molecular flexibility index (Phi) is 5.69. The number of benzene rings is 2. The van der Waals surface area contributed by atoms with Crippen LogP contribution in [0.5, 0.6) is 0 Å². The van der Waals surface area contributed by atoms with Crippen molar-refractivity contribution >= 4 is 21.6 Å². The number of tetrazole rings is 1. The molecule has 1 heterocycles. The van der Waals surface area contributed by atoms with Gasteiger partial charge >= 0.3 is 0 Å². The minimum atomic E-state index is -3.81. The summed E-state index contributed by atoms with van der Waals surface area (Å²) in [5.74, 6) is -0.0893. The third kappa shape index (κ3) is 4.17.